The molecule has 0 aliphatic carbocycles. The highest BCUT2D eigenvalue weighted by Crippen LogP contribution is 2.27. The van der Waals surface area contributed by atoms with Gasteiger partial charge in [-0.05, 0) is 19.1 Å². The van der Waals surface area contributed by atoms with E-state index in [9.17, 15) is 14.9 Å². The van der Waals surface area contributed by atoms with Crippen LogP contribution in [-0.2, 0) is 7.05 Å². The van der Waals surface area contributed by atoms with Crippen LogP contribution in [0.3, 0.4) is 0 Å². The molecule has 0 spiro atoms. The number of anilines is 1. The zero-order valence-electron chi connectivity index (χ0n) is 17.7. The first kappa shape index (κ1) is 21.0. The zero-order chi connectivity index (χ0) is 22.7. The van der Waals surface area contributed by atoms with Crippen LogP contribution in [0.25, 0.3) is 22.3 Å². The van der Waals surface area contributed by atoms with Crippen LogP contribution in [0, 0.1) is 17.0 Å². The van der Waals surface area contributed by atoms with Crippen LogP contribution in [0.1, 0.15) is 16.1 Å². The van der Waals surface area contributed by atoms with Gasteiger partial charge in [-0.2, -0.15) is 5.10 Å². The SMILES string of the molecule is Cc1nn(C)c2nc(-c3ccccc3)cc(C(=O)NCCNc3ccccc3[N+](=O)[O-])c12. The van der Waals surface area contributed by atoms with Crippen LogP contribution in [-0.4, -0.2) is 38.7 Å². The Balaban J connectivity index is 1.55. The third-order valence-electron chi connectivity index (χ3n) is 5.11. The lowest BCUT2D eigenvalue weighted by atomic mass is 10.0. The zero-order valence-corrected chi connectivity index (χ0v) is 17.7. The quantitative estimate of drug-likeness (QED) is 0.262. The van der Waals surface area contributed by atoms with E-state index in [0.29, 0.717) is 34.5 Å². The lowest BCUT2D eigenvalue weighted by Crippen LogP contribution is -2.29. The van der Waals surface area contributed by atoms with Gasteiger partial charge in [0.2, 0.25) is 0 Å². The molecule has 9 nitrogen and oxygen atoms in total. The van der Waals surface area contributed by atoms with Gasteiger partial charge in [-0.3, -0.25) is 19.6 Å². The van der Waals surface area contributed by atoms with Crippen molar-refractivity contribution in [3.8, 4) is 11.3 Å². The summed E-state index contributed by atoms with van der Waals surface area (Å²) in [5, 5.41) is 22.2. The van der Waals surface area contributed by atoms with Gasteiger partial charge in [0.25, 0.3) is 11.6 Å². The number of fused-ring (bicyclic) bond motifs is 1. The van der Waals surface area contributed by atoms with Crippen molar-refractivity contribution in [3.63, 3.8) is 0 Å². The molecular weight excluding hydrogens is 408 g/mol. The third kappa shape index (κ3) is 4.13. The number of benzene rings is 2. The second kappa shape index (κ2) is 8.84. The van der Waals surface area contributed by atoms with Gasteiger partial charge in [0.05, 0.1) is 27.3 Å². The van der Waals surface area contributed by atoms with Gasteiger partial charge in [0.1, 0.15) is 5.69 Å². The van der Waals surface area contributed by atoms with Crippen LogP contribution in [0.15, 0.2) is 60.7 Å². The van der Waals surface area contributed by atoms with Crippen molar-refractivity contribution < 1.29 is 9.72 Å². The molecule has 0 saturated carbocycles. The smallest absolute Gasteiger partial charge is 0.292 e. The predicted molar refractivity (Wildman–Crippen MR) is 123 cm³/mol. The van der Waals surface area contributed by atoms with Gasteiger partial charge in [0, 0.05) is 31.8 Å². The molecule has 2 N–H and O–H groups in total. The number of pyridine rings is 1. The maximum Gasteiger partial charge on any atom is 0.292 e. The van der Waals surface area contributed by atoms with Crippen molar-refractivity contribution in [2.45, 2.75) is 6.92 Å². The predicted octanol–water partition coefficient (Wildman–Crippen LogP) is 3.69. The summed E-state index contributed by atoms with van der Waals surface area (Å²) in [6, 6.07) is 17.8. The Morgan fingerprint density at radius 3 is 2.56 bits per heavy atom. The maximum atomic E-state index is 13.1. The van der Waals surface area contributed by atoms with E-state index in [-0.39, 0.29) is 18.1 Å². The summed E-state index contributed by atoms with van der Waals surface area (Å²) in [5.41, 5.74) is 3.83. The standard InChI is InChI=1S/C23H22N6O3/c1-15-21-17(14-19(16-8-4-3-5-9-16)26-22(21)28(2)27-15)23(30)25-13-12-24-18-10-6-7-11-20(18)29(31)32/h3-11,14,24H,12-13H2,1-2H3,(H,25,30). The number of aromatic nitrogens is 3. The van der Waals surface area contributed by atoms with E-state index in [0.717, 1.165) is 11.3 Å². The van der Waals surface area contributed by atoms with Crippen molar-refractivity contribution in [2.24, 2.45) is 7.05 Å². The van der Waals surface area contributed by atoms with E-state index in [2.05, 4.69) is 15.7 Å². The molecule has 2 aromatic heterocycles. The average Bonchev–Trinajstić information content (AvgIpc) is 3.10. The average molecular weight is 430 g/mol. The number of hydrogen-bond donors (Lipinski definition) is 2. The number of hydrogen-bond acceptors (Lipinski definition) is 6. The first-order chi connectivity index (χ1) is 15.5. The summed E-state index contributed by atoms with van der Waals surface area (Å²) in [7, 11) is 1.80. The highest BCUT2D eigenvalue weighted by molar-refractivity contribution is 6.07. The number of nitrogens with one attached hydrogen (secondary N) is 2. The molecule has 0 bridgehead atoms. The molecule has 0 fully saturated rings. The Morgan fingerprint density at radius 1 is 1.09 bits per heavy atom. The first-order valence-electron chi connectivity index (χ1n) is 10.1. The molecule has 2 aromatic carbocycles. The summed E-state index contributed by atoms with van der Waals surface area (Å²) in [5.74, 6) is -0.255. The van der Waals surface area contributed by atoms with Crippen molar-refractivity contribution >= 4 is 28.3 Å². The minimum atomic E-state index is -0.440. The van der Waals surface area contributed by atoms with E-state index < -0.39 is 4.92 Å². The van der Waals surface area contributed by atoms with Gasteiger partial charge in [0.15, 0.2) is 5.65 Å². The molecule has 0 radical (unpaired) electrons. The van der Waals surface area contributed by atoms with Crippen LogP contribution in [0.4, 0.5) is 11.4 Å². The largest absolute Gasteiger partial charge is 0.378 e. The summed E-state index contributed by atoms with van der Waals surface area (Å²) in [6.45, 7) is 2.47. The van der Waals surface area contributed by atoms with E-state index in [1.54, 1.807) is 36.0 Å². The van der Waals surface area contributed by atoms with E-state index >= 15 is 0 Å². The second-order valence-corrected chi connectivity index (χ2v) is 7.29. The Kier molecular flexibility index (Phi) is 5.80. The number of nitro groups is 1. The number of aryl methyl sites for hydroxylation is 2. The molecule has 2 heterocycles. The van der Waals surface area contributed by atoms with Crippen LogP contribution in [0.2, 0.25) is 0 Å². The van der Waals surface area contributed by atoms with Crippen molar-refractivity contribution in [1.29, 1.82) is 0 Å². The molecular formula is C23H22N6O3. The van der Waals surface area contributed by atoms with Gasteiger partial charge in [-0.25, -0.2) is 4.98 Å². The van der Waals surface area contributed by atoms with E-state index in [1.807, 2.05) is 37.3 Å². The van der Waals surface area contributed by atoms with Crippen LogP contribution >= 0.6 is 0 Å². The topological polar surface area (TPSA) is 115 Å². The minimum absolute atomic E-state index is 0.00634. The second-order valence-electron chi connectivity index (χ2n) is 7.29. The number of nitro benzene ring substituents is 1. The Morgan fingerprint density at radius 2 is 1.81 bits per heavy atom. The summed E-state index contributed by atoms with van der Waals surface area (Å²) < 4.78 is 1.67. The van der Waals surface area contributed by atoms with Gasteiger partial charge >= 0.3 is 0 Å². The van der Waals surface area contributed by atoms with Crippen LogP contribution < -0.4 is 10.6 Å². The van der Waals surface area contributed by atoms with Crippen molar-refractivity contribution in [3.05, 3.63) is 82.0 Å². The van der Waals surface area contributed by atoms with E-state index in [1.165, 1.54) is 6.07 Å². The Hall–Kier alpha value is -4.27. The minimum Gasteiger partial charge on any atom is -0.378 e. The fourth-order valence-electron chi connectivity index (χ4n) is 3.63. The normalized spacial score (nSPS) is 10.8. The number of rotatable bonds is 7. The molecule has 9 heteroatoms. The summed E-state index contributed by atoms with van der Waals surface area (Å²) >= 11 is 0. The summed E-state index contributed by atoms with van der Waals surface area (Å²) in [4.78, 5) is 28.5. The van der Waals surface area contributed by atoms with Gasteiger partial charge in [-0.15, -0.1) is 0 Å². The highest BCUT2D eigenvalue weighted by Gasteiger charge is 2.19. The number of carbonyl (C=O) groups is 1. The molecule has 32 heavy (non-hydrogen) atoms. The molecule has 0 atom stereocenters. The molecule has 0 aliphatic heterocycles. The fraction of sp³-hybridized carbons (Fsp3) is 0.174. The van der Waals surface area contributed by atoms with Crippen molar-refractivity contribution in [1.82, 2.24) is 20.1 Å². The molecule has 0 aliphatic rings. The number of nitrogens with zero attached hydrogens (tertiary/aromatic N) is 4. The third-order valence-corrected chi connectivity index (χ3v) is 5.11. The molecule has 0 saturated heterocycles. The van der Waals surface area contributed by atoms with Crippen molar-refractivity contribution in [2.75, 3.05) is 18.4 Å². The lowest BCUT2D eigenvalue weighted by Gasteiger charge is -2.11. The van der Waals surface area contributed by atoms with Gasteiger partial charge in [-0.1, -0.05) is 42.5 Å². The maximum absolute atomic E-state index is 13.1. The number of carbonyl (C=O) groups excluding carboxylic acids is 1. The molecule has 4 rings (SSSR count). The molecule has 0 unspecified atom stereocenters. The molecule has 162 valence electrons. The lowest BCUT2D eigenvalue weighted by molar-refractivity contribution is -0.384. The number of para-hydroxylation sites is 2. The fourth-order valence-corrected chi connectivity index (χ4v) is 3.63. The van der Waals surface area contributed by atoms with E-state index in [4.69, 9.17) is 4.98 Å². The number of amides is 1. The first-order valence-corrected chi connectivity index (χ1v) is 10.1. The highest BCUT2D eigenvalue weighted by atomic mass is 16.6. The molecule has 4 aromatic rings. The van der Waals surface area contributed by atoms with Crippen LogP contribution in [0.5, 0.6) is 0 Å². The Bertz CT molecular complexity index is 1300. The Labute approximate surface area is 184 Å². The summed E-state index contributed by atoms with van der Waals surface area (Å²) in [6.07, 6.45) is 0. The monoisotopic (exact) mass is 430 g/mol. The van der Waals surface area contributed by atoms with Gasteiger partial charge < -0.3 is 10.6 Å². The molecule has 1 amide bonds.